The van der Waals surface area contributed by atoms with Crippen LogP contribution in [0.3, 0.4) is 0 Å². The Balaban J connectivity index is 1.84. The van der Waals surface area contributed by atoms with Gasteiger partial charge in [-0.1, -0.05) is 75.8 Å². The standard InChI is InChI=1S/C25H31F3/c1-3-4-6-15-25(16-7-5-8-17-25)21-12-9-19(10-13-21)20-11-14-22(23(26)18-20)24(2,27)28/h9-14,18H,3-8,15-17H2,1-2H3. The largest absolute Gasteiger partial charge is 0.273 e. The van der Waals surface area contributed by atoms with Crippen LogP contribution in [0.25, 0.3) is 11.1 Å². The molecule has 0 heterocycles. The summed E-state index contributed by atoms with van der Waals surface area (Å²) in [5.41, 5.74) is 2.61. The van der Waals surface area contributed by atoms with Crippen molar-refractivity contribution in [3.8, 4) is 11.1 Å². The number of rotatable bonds is 7. The first kappa shape index (κ1) is 21.0. The van der Waals surface area contributed by atoms with E-state index in [1.165, 1.54) is 75.5 Å². The van der Waals surface area contributed by atoms with Crippen molar-refractivity contribution in [2.24, 2.45) is 0 Å². The molecule has 1 aliphatic carbocycles. The molecule has 0 atom stereocenters. The minimum atomic E-state index is -3.17. The topological polar surface area (TPSA) is 0 Å². The van der Waals surface area contributed by atoms with Gasteiger partial charge < -0.3 is 0 Å². The molecule has 1 fully saturated rings. The van der Waals surface area contributed by atoms with E-state index in [4.69, 9.17) is 0 Å². The van der Waals surface area contributed by atoms with Crippen LogP contribution in [0.2, 0.25) is 0 Å². The van der Waals surface area contributed by atoms with Gasteiger partial charge in [-0.05, 0) is 53.5 Å². The molecule has 0 nitrogen and oxygen atoms in total. The highest BCUT2D eigenvalue weighted by molar-refractivity contribution is 5.64. The molecule has 0 amide bonds. The fourth-order valence-corrected chi connectivity index (χ4v) is 4.69. The fourth-order valence-electron chi connectivity index (χ4n) is 4.69. The van der Waals surface area contributed by atoms with Crippen molar-refractivity contribution in [2.75, 3.05) is 0 Å². The van der Waals surface area contributed by atoms with Crippen molar-refractivity contribution >= 4 is 0 Å². The van der Waals surface area contributed by atoms with E-state index in [1.54, 1.807) is 6.07 Å². The molecule has 0 aliphatic heterocycles. The maximum Gasteiger partial charge on any atom is 0.273 e. The second kappa shape index (κ2) is 8.71. The molecule has 2 aromatic rings. The van der Waals surface area contributed by atoms with Crippen molar-refractivity contribution in [1.29, 1.82) is 0 Å². The number of benzene rings is 2. The van der Waals surface area contributed by atoms with Crippen molar-refractivity contribution < 1.29 is 13.2 Å². The van der Waals surface area contributed by atoms with Crippen LogP contribution in [0, 0.1) is 5.82 Å². The Morgan fingerprint density at radius 1 is 0.893 bits per heavy atom. The van der Waals surface area contributed by atoms with Gasteiger partial charge in [0.1, 0.15) is 5.82 Å². The molecule has 3 heteroatoms. The van der Waals surface area contributed by atoms with E-state index in [1.807, 2.05) is 12.1 Å². The molecule has 3 rings (SSSR count). The highest BCUT2D eigenvalue weighted by Crippen LogP contribution is 2.44. The van der Waals surface area contributed by atoms with E-state index in [0.29, 0.717) is 5.56 Å². The van der Waals surface area contributed by atoms with Gasteiger partial charge >= 0.3 is 0 Å². The van der Waals surface area contributed by atoms with Crippen molar-refractivity contribution in [1.82, 2.24) is 0 Å². The van der Waals surface area contributed by atoms with Gasteiger partial charge in [-0.15, -0.1) is 0 Å². The summed E-state index contributed by atoms with van der Waals surface area (Å²) in [5.74, 6) is -4.02. The van der Waals surface area contributed by atoms with E-state index in [0.717, 1.165) is 12.5 Å². The maximum absolute atomic E-state index is 14.2. The molecule has 0 spiro atoms. The summed E-state index contributed by atoms with van der Waals surface area (Å²) >= 11 is 0. The van der Waals surface area contributed by atoms with Gasteiger partial charge in [0, 0.05) is 6.92 Å². The molecular weight excluding hydrogens is 357 g/mol. The Labute approximate surface area is 167 Å². The van der Waals surface area contributed by atoms with Crippen molar-refractivity contribution in [3.63, 3.8) is 0 Å². The van der Waals surface area contributed by atoms with E-state index in [-0.39, 0.29) is 5.41 Å². The smallest absolute Gasteiger partial charge is 0.206 e. The summed E-state index contributed by atoms with van der Waals surface area (Å²) < 4.78 is 41.0. The van der Waals surface area contributed by atoms with Gasteiger partial charge in [-0.25, -0.2) is 13.2 Å². The fraction of sp³-hybridized carbons (Fsp3) is 0.520. The lowest BCUT2D eigenvalue weighted by Gasteiger charge is -2.38. The van der Waals surface area contributed by atoms with Crippen LogP contribution in [-0.4, -0.2) is 0 Å². The Hall–Kier alpha value is -1.77. The quantitative estimate of drug-likeness (QED) is 0.418. The molecule has 0 bridgehead atoms. The van der Waals surface area contributed by atoms with Crippen molar-refractivity contribution in [3.05, 3.63) is 59.4 Å². The number of hydrogen-bond donors (Lipinski definition) is 0. The van der Waals surface area contributed by atoms with Gasteiger partial charge in [-0.3, -0.25) is 0 Å². The molecule has 0 N–H and O–H groups in total. The summed E-state index contributed by atoms with van der Waals surface area (Å²) in [6.07, 6.45) is 11.4. The summed E-state index contributed by atoms with van der Waals surface area (Å²) in [5, 5.41) is 0. The molecule has 28 heavy (non-hydrogen) atoms. The van der Waals surface area contributed by atoms with Crippen LogP contribution in [0.5, 0.6) is 0 Å². The molecule has 152 valence electrons. The zero-order chi connectivity index (χ0) is 20.2. The number of hydrogen-bond acceptors (Lipinski definition) is 0. The van der Waals surface area contributed by atoms with Crippen LogP contribution < -0.4 is 0 Å². The first-order chi connectivity index (χ1) is 13.4. The lowest BCUT2D eigenvalue weighted by Crippen LogP contribution is -2.29. The van der Waals surface area contributed by atoms with Crippen LogP contribution in [0.1, 0.15) is 82.8 Å². The minimum absolute atomic E-state index is 0.269. The lowest BCUT2D eigenvalue weighted by molar-refractivity contribution is 0.0138. The third-order valence-corrected chi connectivity index (χ3v) is 6.34. The Morgan fingerprint density at radius 2 is 1.54 bits per heavy atom. The van der Waals surface area contributed by atoms with Gasteiger partial charge in [0.2, 0.25) is 0 Å². The molecule has 0 radical (unpaired) electrons. The number of alkyl halides is 2. The lowest BCUT2D eigenvalue weighted by atomic mass is 9.66. The van der Waals surface area contributed by atoms with Gasteiger partial charge in [0.15, 0.2) is 0 Å². The second-order valence-electron chi connectivity index (χ2n) is 8.46. The Bertz CT molecular complexity index is 765. The predicted molar refractivity (Wildman–Crippen MR) is 110 cm³/mol. The predicted octanol–water partition coefficient (Wildman–Crippen LogP) is 8.39. The molecule has 2 aromatic carbocycles. The average molecular weight is 389 g/mol. The van der Waals surface area contributed by atoms with E-state index in [2.05, 4.69) is 19.1 Å². The molecule has 1 saturated carbocycles. The van der Waals surface area contributed by atoms with Crippen LogP contribution in [-0.2, 0) is 11.3 Å². The number of halogens is 3. The summed E-state index contributed by atoms with van der Waals surface area (Å²) in [7, 11) is 0. The summed E-state index contributed by atoms with van der Waals surface area (Å²) in [6, 6.07) is 12.4. The molecule has 0 unspecified atom stereocenters. The number of unbranched alkanes of at least 4 members (excludes halogenated alkanes) is 2. The highest BCUT2D eigenvalue weighted by atomic mass is 19.3. The third kappa shape index (κ3) is 4.61. The molecule has 0 aromatic heterocycles. The summed E-state index contributed by atoms with van der Waals surface area (Å²) in [6.45, 7) is 2.96. The molecular formula is C25H31F3. The summed E-state index contributed by atoms with van der Waals surface area (Å²) in [4.78, 5) is 0. The van der Waals surface area contributed by atoms with Gasteiger partial charge in [-0.2, -0.15) is 0 Å². The highest BCUT2D eigenvalue weighted by Gasteiger charge is 2.33. The zero-order valence-corrected chi connectivity index (χ0v) is 17.0. The zero-order valence-electron chi connectivity index (χ0n) is 17.0. The van der Waals surface area contributed by atoms with Crippen LogP contribution in [0.4, 0.5) is 13.2 Å². The second-order valence-corrected chi connectivity index (χ2v) is 8.46. The Morgan fingerprint density at radius 3 is 2.11 bits per heavy atom. The first-order valence-electron chi connectivity index (χ1n) is 10.6. The van der Waals surface area contributed by atoms with Gasteiger partial charge in [0.05, 0.1) is 5.56 Å². The average Bonchev–Trinajstić information content (AvgIpc) is 2.68. The van der Waals surface area contributed by atoms with E-state index in [9.17, 15) is 13.2 Å². The van der Waals surface area contributed by atoms with E-state index >= 15 is 0 Å². The normalized spacial score (nSPS) is 16.9. The Kier molecular flexibility index (Phi) is 6.52. The van der Waals surface area contributed by atoms with Crippen LogP contribution in [0.15, 0.2) is 42.5 Å². The van der Waals surface area contributed by atoms with Gasteiger partial charge in [0.25, 0.3) is 5.92 Å². The van der Waals surface area contributed by atoms with Crippen LogP contribution >= 0.6 is 0 Å². The minimum Gasteiger partial charge on any atom is -0.206 e. The molecule has 1 aliphatic rings. The SMILES string of the molecule is CCCCCC1(c2ccc(-c3ccc(C(C)(F)F)c(F)c3)cc2)CCCCC1. The monoisotopic (exact) mass is 388 g/mol. The third-order valence-electron chi connectivity index (χ3n) is 6.34. The van der Waals surface area contributed by atoms with E-state index < -0.39 is 17.3 Å². The van der Waals surface area contributed by atoms with Crippen molar-refractivity contribution in [2.45, 2.75) is 83.0 Å². The molecule has 0 saturated heterocycles. The maximum atomic E-state index is 14.2. The first-order valence-corrected chi connectivity index (χ1v) is 10.6.